The molecule has 1 saturated heterocycles. The van der Waals surface area contributed by atoms with Gasteiger partial charge in [-0.1, -0.05) is 5.16 Å². The number of oxime groups is 1. The molecule has 1 aliphatic rings. The van der Waals surface area contributed by atoms with E-state index in [1.807, 2.05) is 11.8 Å². The summed E-state index contributed by atoms with van der Waals surface area (Å²) in [6.07, 6.45) is 1.62. The molecule has 1 aromatic heterocycles. The lowest BCUT2D eigenvalue weighted by molar-refractivity contribution is 0.318. The second-order valence-electron chi connectivity index (χ2n) is 3.33. The monoisotopic (exact) mass is 239 g/mol. The largest absolute Gasteiger partial charge is 0.409 e. The highest BCUT2D eigenvalue weighted by Crippen LogP contribution is 2.14. The van der Waals surface area contributed by atoms with Gasteiger partial charge in [0, 0.05) is 30.8 Å². The summed E-state index contributed by atoms with van der Waals surface area (Å²) in [6, 6.07) is 1.62. The zero-order chi connectivity index (χ0) is 11.4. The predicted molar refractivity (Wildman–Crippen MR) is 64.1 cm³/mol. The van der Waals surface area contributed by atoms with Crippen molar-refractivity contribution in [3.05, 3.63) is 18.0 Å². The molecule has 0 amide bonds. The number of hydrogen-bond donors (Lipinski definition) is 2. The van der Waals surface area contributed by atoms with E-state index in [1.165, 1.54) is 0 Å². The van der Waals surface area contributed by atoms with Gasteiger partial charge in [-0.2, -0.15) is 11.8 Å². The van der Waals surface area contributed by atoms with E-state index < -0.39 is 0 Å². The third-order valence-corrected chi connectivity index (χ3v) is 3.25. The number of hydrogen-bond acceptors (Lipinski definition) is 6. The fraction of sp³-hybridized carbons (Fsp3) is 0.444. The molecule has 0 bridgehead atoms. The second-order valence-corrected chi connectivity index (χ2v) is 4.55. The Bertz CT molecular complexity index is 391. The molecular formula is C9H13N5OS. The van der Waals surface area contributed by atoms with Crippen LogP contribution in [0.2, 0.25) is 0 Å². The highest BCUT2D eigenvalue weighted by molar-refractivity contribution is 7.99. The lowest BCUT2D eigenvalue weighted by Crippen LogP contribution is -2.34. The number of aromatic nitrogens is 2. The van der Waals surface area contributed by atoms with Gasteiger partial charge in [-0.25, -0.2) is 9.97 Å². The summed E-state index contributed by atoms with van der Waals surface area (Å²) in [5, 5.41) is 11.5. The first kappa shape index (κ1) is 11.0. The van der Waals surface area contributed by atoms with E-state index in [0.717, 1.165) is 24.6 Å². The SMILES string of the molecule is N/C(=N/O)c1ccnc(N2CCSCC2)n1. The Labute approximate surface area is 97.6 Å². The number of nitrogens with zero attached hydrogens (tertiary/aromatic N) is 4. The molecule has 86 valence electrons. The number of thioether (sulfide) groups is 1. The van der Waals surface area contributed by atoms with Crippen molar-refractivity contribution in [3.63, 3.8) is 0 Å². The van der Waals surface area contributed by atoms with E-state index >= 15 is 0 Å². The fourth-order valence-electron chi connectivity index (χ4n) is 1.46. The molecule has 0 atom stereocenters. The molecule has 0 aliphatic carbocycles. The van der Waals surface area contributed by atoms with Crippen molar-refractivity contribution in [2.24, 2.45) is 10.9 Å². The summed E-state index contributed by atoms with van der Waals surface area (Å²) in [5.74, 6) is 2.81. The fourth-order valence-corrected chi connectivity index (χ4v) is 2.36. The predicted octanol–water partition coefficient (Wildman–Crippen LogP) is 0.124. The van der Waals surface area contributed by atoms with Gasteiger partial charge in [0.25, 0.3) is 0 Å². The molecule has 3 N–H and O–H groups in total. The third kappa shape index (κ3) is 2.35. The summed E-state index contributed by atoms with van der Waals surface area (Å²) < 4.78 is 0. The average molecular weight is 239 g/mol. The molecule has 0 saturated carbocycles. The number of rotatable bonds is 2. The van der Waals surface area contributed by atoms with E-state index in [4.69, 9.17) is 10.9 Å². The Hall–Kier alpha value is -1.50. The van der Waals surface area contributed by atoms with Gasteiger partial charge in [0.2, 0.25) is 5.95 Å². The molecule has 0 radical (unpaired) electrons. The Morgan fingerprint density at radius 1 is 1.50 bits per heavy atom. The molecular weight excluding hydrogens is 226 g/mol. The first-order chi connectivity index (χ1) is 7.81. The van der Waals surface area contributed by atoms with Crippen LogP contribution in [0.4, 0.5) is 5.95 Å². The van der Waals surface area contributed by atoms with Gasteiger partial charge < -0.3 is 15.8 Å². The van der Waals surface area contributed by atoms with E-state index in [9.17, 15) is 0 Å². The van der Waals surface area contributed by atoms with Crippen LogP contribution in [0.15, 0.2) is 17.4 Å². The molecule has 6 nitrogen and oxygen atoms in total. The van der Waals surface area contributed by atoms with Gasteiger partial charge in [0.05, 0.1) is 0 Å². The minimum absolute atomic E-state index is 0.00929. The lowest BCUT2D eigenvalue weighted by atomic mass is 10.4. The lowest BCUT2D eigenvalue weighted by Gasteiger charge is -2.26. The van der Waals surface area contributed by atoms with E-state index in [-0.39, 0.29) is 5.84 Å². The number of nitrogens with two attached hydrogens (primary N) is 1. The van der Waals surface area contributed by atoms with Crippen LogP contribution in [0.5, 0.6) is 0 Å². The van der Waals surface area contributed by atoms with Crippen LogP contribution in [-0.2, 0) is 0 Å². The maximum atomic E-state index is 8.58. The van der Waals surface area contributed by atoms with Crippen LogP contribution in [-0.4, -0.2) is 45.6 Å². The van der Waals surface area contributed by atoms with Gasteiger partial charge in [0.1, 0.15) is 5.69 Å². The molecule has 2 heterocycles. The first-order valence-electron chi connectivity index (χ1n) is 4.95. The van der Waals surface area contributed by atoms with Crippen molar-refractivity contribution in [1.29, 1.82) is 0 Å². The van der Waals surface area contributed by atoms with Crippen molar-refractivity contribution < 1.29 is 5.21 Å². The molecule has 1 fully saturated rings. The minimum Gasteiger partial charge on any atom is -0.409 e. The average Bonchev–Trinajstić information content (AvgIpc) is 2.39. The maximum absolute atomic E-state index is 8.58. The highest BCUT2D eigenvalue weighted by atomic mass is 32.2. The first-order valence-corrected chi connectivity index (χ1v) is 6.10. The van der Waals surface area contributed by atoms with E-state index in [2.05, 4.69) is 20.0 Å². The van der Waals surface area contributed by atoms with Crippen LogP contribution >= 0.6 is 11.8 Å². The Kier molecular flexibility index (Phi) is 3.45. The molecule has 16 heavy (non-hydrogen) atoms. The van der Waals surface area contributed by atoms with Gasteiger partial charge in [-0.15, -0.1) is 0 Å². The smallest absolute Gasteiger partial charge is 0.226 e. The van der Waals surface area contributed by atoms with E-state index in [0.29, 0.717) is 11.6 Å². The molecule has 1 aliphatic heterocycles. The van der Waals surface area contributed by atoms with Gasteiger partial charge >= 0.3 is 0 Å². The van der Waals surface area contributed by atoms with Crippen LogP contribution in [0.25, 0.3) is 0 Å². The van der Waals surface area contributed by atoms with Crippen molar-refractivity contribution in [1.82, 2.24) is 9.97 Å². The highest BCUT2D eigenvalue weighted by Gasteiger charge is 2.14. The van der Waals surface area contributed by atoms with Crippen molar-refractivity contribution >= 4 is 23.5 Å². The third-order valence-electron chi connectivity index (χ3n) is 2.31. The molecule has 0 unspecified atom stereocenters. The molecule has 0 aromatic carbocycles. The quantitative estimate of drug-likeness (QED) is 0.330. The van der Waals surface area contributed by atoms with Crippen molar-refractivity contribution in [3.8, 4) is 0 Å². The molecule has 2 rings (SSSR count). The molecule has 0 spiro atoms. The molecule has 7 heteroatoms. The van der Waals surface area contributed by atoms with Crippen LogP contribution in [0.1, 0.15) is 5.69 Å². The number of anilines is 1. The topological polar surface area (TPSA) is 87.6 Å². The van der Waals surface area contributed by atoms with Gasteiger partial charge in [-0.05, 0) is 6.07 Å². The Balaban J connectivity index is 2.21. The second kappa shape index (κ2) is 5.02. The van der Waals surface area contributed by atoms with Crippen molar-refractivity contribution in [2.45, 2.75) is 0 Å². The van der Waals surface area contributed by atoms with Crippen molar-refractivity contribution in [2.75, 3.05) is 29.5 Å². The number of amidine groups is 1. The zero-order valence-corrected chi connectivity index (χ0v) is 9.52. The zero-order valence-electron chi connectivity index (χ0n) is 8.70. The standard InChI is InChI=1S/C9H13N5OS/c10-8(13-15)7-1-2-11-9(12-7)14-3-5-16-6-4-14/h1-2,15H,3-6H2,(H2,10,13). The van der Waals surface area contributed by atoms with Gasteiger partial charge in [-0.3, -0.25) is 0 Å². The Morgan fingerprint density at radius 3 is 2.94 bits per heavy atom. The van der Waals surface area contributed by atoms with Gasteiger partial charge in [0.15, 0.2) is 5.84 Å². The summed E-state index contributed by atoms with van der Waals surface area (Å²) in [5.41, 5.74) is 5.93. The summed E-state index contributed by atoms with van der Waals surface area (Å²) >= 11 is 1.92. The summed E-state index contributed by atoms with van der Waals surface area (Å²) in [4.78, 5) is 10.6. The normalized spacial score (nSPS) is 17.5. The maximum Gasteiger partial charge on any atom is 0.226 e. The molecule has 1 aromatic rings. The van der Waals surface area contributed by atoms with Crippen LogP contribution in [0.3, 0.4) is 0 Å². The minimum atomic E-state index is 0.00929. The summed E-state index contributed by atoms with van der Waals surface area (Å²) in [7, 11) is 0. The van der Waals surface area contributed by atoms with Crippen LogP contribution in [0, 0.1) is 0 Å². The van der Waals surface area contributed by atoms with E-state index in [1.54, 1.807) is 12.3 Å². The van der Waals surface area contributed by atoms with Crippen LogP contribution < -0.4 is 10.6 Å². The Morgan fingerprint density at radius 2 is 2.25 bits per heavy atom. The summed E-state index contributed by atoms with van der Waals surface area (Å²) in [6.45, 7) is 1.87.